The zero-order chi connectivity index (χ0) is 15.9. The van der Waals surface area contributed by atoms with Crippen LogP contribution in [-0.2, 0) is 25.7 Å². The van der Waals surface area contributed by atoms with Crippen molar-refractivity contribution in [3.63, 3.8) is 0 Å². The average Bonchev–Trinajstić information content (AvgIpc) is 2.74. The Labute approximate surface area is 128 Å². The van der Waals surface area contributed by atoms with Gasteiger partial charge >= 0.3 is 12.1 Å². The van der Waals surface area contributed by atoms with E-state index in [1.807, 2.05) is 30.3 Å². The Morgan fingerprint density at radius 3 is 2.73 bits per heavy atom. The van der Waals surface area contributed by atoms with Gasteiger partial charge in [0.2, 0.25) is 5.91 Å². The Hall–Kier alpha value is -2.57. The van der Waals surface area contributed by atoms with Crippen LogP contribution < -0.4 is 5.43 Å². The molecule has 2 rings (SSSR count). The molecule has 7 nitrogen and oxygen atoms in total. The normalized spacial score (nSPS) is 18.1. The molecule has 22 heavy (non-hydrogen) atoms. The van der Waals surface area contributed by atoms with Crippen LogP contribution >= 0.6 is 0 Å². The van der Waals surface area contributed by atoms with Crippen molar-refractivity contribution in [3.8, 4) is 0 Å². The summed E-state index contributed by atoms with van der Waals surface area (Å²) >= 11 is 0. The zero-order valence-electron chi connectivity index (χ0n) is 12.3. The molecule has 1 heterocycles. The van der Waals surface area contributed by atoms with E-state index in [9.17, 15) is 14.4 Å². The molecule has 1 atom stereocenters. The third-order valence-electron chi connectivity index (χ3n) is 3.31. The first-order valence-electron chi connectivity index (χ1n) is 6.99. The Bertz CT molecular complexity index is 546. The second-order valence-electron chi connectivity index (χ2n) is 4.88. The van der Waals surface area contributed by atoms with E-state index in [2.05, 4.69) is 10.2 Å². The van der Waals surface area contributed by atoms with Gasteiger partial charge in [0.15, 0.2) is 6.04 Å². The summed E-state index contributed by atoms with van der Waals surface area (Å²) in [6.45, 7) is 0.0555. The SMILES string of the molecule is COC(=O)C1CCCC(=O)NN1C(=O)OCc1ccccc1. The van der Waals surface area contributed by atoms with Crippen LogP contribution in [0.4, 0.5) is 4.79 Å². The maximum absolute atomic E-state index is 12.2. The number of rotatable bonds is 3. The monoisotopic (exact) mass is 306 g/mol. The van der Waals surface area contributed by atoms with Crippen molar-refractivity contribution in [1.29, 1.82) is 0 Å². The number of carbonyl (C=O) groups excluding carboxylic acids is 3. The molecular weight excluding hydrogens is 288 g/mol. The van der Waals surface area contributed by atoms with E-state index in [0.29, 0.717) is 12.8 Å². The molecule has 0 radical (unpaired) electrons. The highest BCUT2D eigenvalue weighted by molar-refractivity contribution is 5.85. The largest absolute Gasteiger partial charge is 0.467 e. The van der Waals surface area contributed by atoms with Gasteiger partial charge in [-0.25, -0.2) is 14.6 Å². The first kappa shape index (κ1) is 15.8. The van der Waals surface area contributed by atoms with Crippen molar-refractivity contribution < 1.29 is 23.9 Å². The van der Waals surface area contributed by atoms with Gasteiger partial charge in [-0.2, -0.15) is 0 Å². The number of hydrogen-bond donors (Lipinski definition) is 1. The fraction of sp³-hybridized carbons (Fsp3) is 0.400. The van der Waals surface area contributed by atoms with Crippen LogP contribution in [0.3, 0.4) is 0 Å². The molecule has 1 unspecified atom stereocenters. The lowest BCUT2D eigenvalue weighted by molar-refractivity contribution is -0.148. The van der Waals surface area contributed by atoms with Gasteiger partial charge in [-0.15, -0.1) is 0 Å². The molecule has 0 aromatic heterocycles. The lowest BCUT2D eigenvalue weighted by Crippen LogP contribution is -2.53. The van der Waals surface area contributed by atoms with Gasteiger partial charge in [-0.1, -0.05) is 30.3 Å². The summed E-state index contributed by atoms with van der Waals surface area (Å²) in [4.78, 5) is 35.6. The number of amides is 2. The molecule has 1 aliphatic rings. The lowest BCUT2D eigenvalue weighted by atomic mass is 10.1. The molecule has 1 aliphatic heterocycles. The molecular formula is C15H18N2O5. The fourth-order valence-electron chi connectivity index (χ4n) is 2.17. The van der Waals surface area contributed by atoms with Gasteiger partial charge in [-0.05, 0) is 18.4 Å². The molecule has 0 saturated carbocycles. The Morgan fingerprint density at radius 1 is 1.32 bits per heavy atom. The van der Waals surface area contributed by atoms with Crippen LogP contribution in [0, 0.1) is 0 Å². The van der Waals surface area contributed by atoms with Crippen LogP contribution in [0.15, 0.2) is 30.3 Å². The molecule has 118 valence electrons. The van der Waals surface area contributed by atoms with Crippen LogP contribution in [0.1, 0.15) is 24.8 Å². The van der Waals surface area contributed by atoms with E-state index in [4.69, 9.17) is 4.74 Å². The van der Waals surface area contributed by atoms with Crippen LogP contribution in [0.2, 0.25) is 0 Å². The number of hydrazine groups is 1. The van der Waals surface area contributed by atoms with E-state index < -0.39 is 18.1 Å². The highest BCUT2D eigenvalue weighted by Gasteiger charge is 2.35. The molecule has 1 aromatic carbocycles. The van der Waals surface area contributed by atoms with Crippen LogP contribution in [-0.4, -0.2) is 36.1 Å². The summed E-state index contributed by atoms with van der Waals surface area (Å²) in [5.74, 6) is -0.915. The number of methoxy groups -OCH3 is 1. The van der Waals surface area contributed by atoms with Gasteiger partial charge in [0.25, 0.3) is 0 Å². The van der Waals surface area contributed by atoms with Crippen molar-refractivity contribution in [2.24, 2.45) is 0 Å². The fourth-order valence-corrected chi connectivity index (χ4v) is 2.17. The summed E-state index contributed by atoms with van der Waals surface area (Å²) in [6, 6.07) is 8.26. The first-order chi connectivity index (χ1) is 10.6. The Balaban J connectivity index is 2.05. The number of carbonyl (C=O) groups is 3. The summed E-state index contributed by atoms with van der Waals surface area (Å²) in [7, 11) is 1.24. The predicted molar refractivity (Wildman–Crippen MR) is 76.3 cm³/mol. The third kappa shape index (κ3) is 3.97. The number of hydrogen-bond acceptors (Lipinski definition) is 5. The molecule has 1 fully saturated rings. The second kappa shape index (κ2) is 7.44. The number of ether oxygens (including phenoxy) is 2. The van der Waals surface area contributed by atoms with Crippen LogP contribution in [0.5, 0.6) is 0 Å². The van der Waals surface area contributed by atoms with Gasteiger partial charge in [-0.3, -0.25) is 10.2 Å². The van der Waals surface area contributed by atoms with E-state index >= 15 is 0 Å². The Morgan fingerprint density at radius 2 is 2.05 bits per heavy atom. The molecule has 0 bridgehead atoms. The minimum Gasteiger partial charge on any atom is -0.467 e. The smallest absolute Gasteiger partial charge is 0.429 e. The standard InChI is InChI=1S/C15H18N2O5/c1-21-14(19)12-8-5-9-13(18)16-17(12)15(20)22-10-11-6-3-2-4-7-11/h2-4,6-7,12H,5,8-10H2,1H3,(H,16,18). The topological polar surface area (TPSA) is 84.9 Å². The summed E-state index contributed by atoms with van der Waals surface area (Å²) in [6.07, 6.45) is 0.296. The summed E-state index contributed by atoms with van der Waals surface area (Å²) in [5.41, 5.74) is 3.21. The van der Waals surface area contributed by atoms with Gasteiger partial charge in [0.1, 0.15) is 6.61 Å². The van der Waals surface area contributed by atoms with Crippen molar-refractivity contribution in [2.45, 2.75) is 31.9 Å². The maximum Gasteiger partial charge on any atom is 0.429 e. The van der Waals surface area contributed by atoms with Crippen molar-refractivity contribution in [3.05, 3.63) is 35.9 Å². The molecule has 0 spiro atoms. The second-order valence-corrected chi connectivity index (χ2v) is 4.88. The molecule has 0 aliphatic carbocycles. The molecule has 2 amide bonds. The van der Waals surface area contributed by atoms with E-state index in [-0.39, 0.29) is 18.9 Å². The average molecular weight is 306 g/mol. The highest BCUT2D eigenvalue weighted by Crippen LogP contribution is 2.15. The van der Waals surface area contributed by atoms with Gasteiger partial charge < -0.3 is 9.47 Å². The number of nitrogens with zero attached hydrogens (tertiary/aromatic N) is 1. The maximum atomic E-state index is 12.2. The van der Waals surface area contributed by atoms with Crippen molar-refractivity contribution >= 4 is 18.0 Å². The minimum atomic E-state index is -0.875. The molecule has 7 heteroatoms. The van der Waals surface area contributed by atoms with E-state index in [0.717, 1.165) is 10.6 Å². The number of benzene rings is 1. The predicted octanol–water partition coefficient (Wildman–Crippen LogP) is 1.38. The Kier molecular flexibility index (Phi) is 5.35. The minimum absolute atomic E-state index is 0.0555. The summed E-state index contributed by atoms with van der Waals surface area (Å²) in [5, 5.41) is 0.921. The van der Waals surface area contributed by atoms with E-state index in [1.54, 1.807) is 0 Å². The van der Waals surface area contributed by atoms with Crippen molar-refractivity contribution in [1.82, 2.24) is 10.4 Å². The van der Waals surface area contributed by atoms with Gasteiger partial charge in [0, 0.05) is 6.42 Å². The van der Waals surface area contributed by atoms with Crippen LogP contribution in [0.25, 0.3) is 0 Å². The molecule has 1 aromatic rings. The van der Waals surface area contributed by atoms with Gasteiger partial charge in [0.05, 0.1) is 7.11 Å². The third-order valence-corrected chi connectivity index (χ3v) is 3.31. The highest BCUT2D eigenvalue weighted by atomic mass is 16.6. The summed E-state index contributed by atoms with van der Waals surface area (Å²) < 4.78 is 9.84. The molecule has 1 N–H and O–H groups in total. The number of esters is 1. The zero-order valence-corrected chi connectivity index (χ0v) is 12.3. The van der Waals surface area contributed by atoms with Crippen molar-refractivity contribution in [2.75, 3.05) is 7.11 Å². The first-order valence-corrected chi connectivity index (χ1v) is 6.99. The quantitative estimate of drug-likeness (QED) is 0.853. The molecule has 1 saturated heterocycles. The van der Waals surface area contributed by atoms with E-state index in [1.165, 1.54) is 7.11 Å². The lowest BCUT2D eigenvalue weighted by Gasteiger charge is -2.26. The number of nitrogens with one attached hydrogen (secondary N) is 1.